The minimum atomic E-state index is -0.995. The molecule has 0 heterocycles. The summed E-state index contributed by atoms with van der Waals surface area (Å²) in [5.74, 6) is -2.99. The molecule has 0 aromatic carbocycles. The third kappa shape index (κ3) is 68.4. The minimum Gasteiger partial charge on any atom is -0.550 e. The zero-order valence-corrected chi connectivity index (χ0v) is 11.2. The first-order valence-corrected chi connectivity index (χ1v) is 4.41. The molecule has 99 valence electrons. The van der Waals surface area contributed by atoms with E-state index in [0.29, 0.717) is 0 Å². The number of carboxylic acid groups (broad SMARTS) is 3. The molecule has 0 aliphatic rings. The third-order valence-corrected chi connectivity index (χ3v) is 0.866. The molecule has 0 amide bonds. The van der Waals surface area contributed by atoms with Crippen molar-refractivity contribution in [2.24, 2.45) is 0 Å². The van der Waals surface area contributed by atoms with Crippen LogP contribution >= 0.6 is 0 Å². The third-order valence-electron chi connectivity index (χ3n) is 0.866. The molecular formula is C9H15ErO6. The molecule has 0 aromatic rings. The summed E-state index contributed by atoms with van der Waals surface area (Å²) in [7, 11) is 0. The van der Waals surface area contributed by atoms with E-state index in [9.17, 15) is 29.7 Å². The second kappa shape index (κ2) is 20.1. The van der Waals surface area contributed by atoms with Crippen molar-refractivity contribution in [2.75, 3.05) is 0 Å². The molecule has 0 aromatic heterocycles. The number of rotatable bonds is 3. The van der Waals surface area contributed by atoms with Gasteiger partial charge < -0.3 is 29.7 Å². The molecule has 16 heavy (non-hydrogen) atoms. The van der Waals surface area contributed by atoms with Crippen molar-refractivity contribution in [1.29, 1.82) is 0 Å². The molecule has 0 fully saturated rings. The van der Waals surface area contributed by atoms with E-state index in [1.165, 1.54) is 20.8 Å². The van der Waals surface area contributed by atoms with E-state index < -0.39 is 17.9 Å². The van der Waals surface area contributed by atoms with Crippen LogP contribution in [0, 0.1) is 37.3 Å². The zero-order valence-electron chi connectivity index (χ0n) is 9.36. The SMILES string of the molecule is CCC(=O)[O-].CCC(=O)[O-].CCC(=O)[O-].[Er+3]. The summed E-state index contributed by atoms with van der Waals surface area (Å²) >= 11 is 0. The molecular weight excluding hydrogens is 371 g/mol. The first-order chi connectivity index (χ1) is 6.81. The van der Waals surface area contributed by atoms with Gasteiger partial charge >= 0.3 is 37.3 Å². The van der Waals surface area contributed by atoms with E-state index >= 15 is 0 Å². The van der Waals surface area contributed by atoms with Crippen LogP contribution in [0.4, 0.5) is 0 Å². The van der Waals surface area contributed by atoms with Crippen LogP contribution in [0.15, 0.2) is 0 Å². The maximum atomic E-state index is 9.26. The Morgan fingerprint density at radius 1 is 0.688 bits per heavy atom. The first kappa shape index (κ1) is 24.8. The molecule has 0 atom stereocenters. The van der Waals surface area contributed by atoms with Gasteiger partial charge in [-0.3, -0.25) is 0 Å². The van der Waals surface area contributed by atoms with Crippen LogP contribution in [-0.2, 0) is 14.4 Å². The van der Waals surface area contributed by atoms with Crippen LogP contribution in [0.2, 0.25) is 0 Å². The van der Waals surface area contributed by atoms with Gasteiger partial charge in [-0.15, -0.1) is 0 Å². The quantitative estimate of drug-likeness (QED) is 0.526. The number of carbonyl (C=O) groups is 3. The normalized spacial score (nSPS) is 6.94. The second-order valence-electron chi connectivity index (χ2n) is 2.18. The monoisotopic (exact) mass is 385 g/mol. The Kier molecular flexibility index (Phi) is 31.1. The van der Waals surface area contributed by atoms with E-state index in [1.54, 1.807) is 0 Å². The van der Waals surface area contributed by atoms with Gasteiger partial charge in [0.05, 0.1) is 0 Å². The summed E-state index contributed by atoms with van der Waals surface area (Å²) in [6.45, 7) is 4.61. The van der Waals surface area contributed by atoms with Crippen molar-refractivity contribution in [1.82, 2.24) is 0 Å². The molecule has 0 unspecified atom stereocenters. The Morgan fingerprint density at radius 3 is 0.750 bits per heavy atom. The summed E-state index contributed by atoms with van der Waals surface area (Å²) in [6, 6.07) is 0. The van der Waals surface area contributed by atoms with E-state index in [4.69, 9.17) is 0 Å². The topological polar surface area (TPSA) is 120 Å². The maximum Gasteiger partial charge on any atom is 3.00 e. The predicted molar refractivity (Wildman–Crippen MR) is 45.9 cm³/mol. The molecule has 0 bridgehead atoms. The van der Waals surface area contributed by atoms with E-state index in [-0.39, 0.29) is 56.6 Å². The first-order valence-electron chi connectivity index (χ1n) is 4.41. The number of carbonyl (C=O) groups excluding carboxylic acids is 3. The molecule has 7 heteroatoms. The smallest absolute Gasteiger partial charge is 0.550 e. The van der Waals surface area contributed by atoms with Gasteiger partial charge in [0, 0.05) is 17.9 Å². The minimum absolute atomic E-state index is 0. The average Bonchev–Trinajstić information content (AvgIpc) is 2.19. The van der Waals surface area contributed by atoms with Gasteiger partial charge in [-0.1, -0.05) is 20.8 Å². The van der Waals surface area contributed by atoms with E-state index in [0.717, 1.165) is 0 Å². The van der Waals surface area contributed by atoms with Crippen LogP contribution in [0.25, 0.3) is 0 Å². The number of hydrogen-bond donors (Lipinski definition) is 0. The fraction of sp³-hybridized carbons (Fsp3) is 0.667. The molecule has 0 rings (SSSR count). The molecule has 6 nitrogen and oxygen atoms in total. The van der Waals surface area contributed by atoms with Gasteiger partial charge in [-0.05, 0) is 19.3 Å². The van der Waals surface area contributed by atoms with Gasteiger partial charge in [-0.2, -0.15) is 0 Å². The van der Waals surface area contributed by atoms with Crippen LogP contribution < -0.4 is 15.3 Å². The van der Waals surface area contributed by atoms with Crippen LogP contribution in [-0.4, -0.2) is 17.9 Å². The van der Waals surface area contributed by atoms with Crippen molar-refractivity contribution in [3.63, 3.8) is 0 Å². The summed E-state index contributed by atoms with van der Waals surface area (Å²) in [4.78, 5) is 27.8. The average molecular weight is 386 g/mol. The van der Waals surface area contributed by atoms with Crippen LogP contribution in [0.1, 0.15) is 40.0 Å². The molecule has 0 saturated heterocycles. The molecule has 1 radical (unpaired) electrons. The molecule has 0 saturated carbocycles. The second-order valence-corrected chi connectivity index (χ2v) is 2.18. The summed E-state index contributed by atoms with van der Waals surface area (Å²) < 4.78 is 0. The maximum absolute atomic E-state index is 9.26. The van der Waals surface area contributed by atoms with Crippen molar-refractivity contribution in [2.45, 2.75) is 40.0 Å². The van der Waals surface area contributed by atoms with Gasteiger partial charge in [0.2, 0.25) is 0 Å². The van der Waals surface area contributed by atoms with Gasteiger partial charge in [-0.25, -0.2) is 0 Å². The Bertz CT molecular complexity index is 159. The van der Waals surface area contributed by atoms with Gasteiger partial charge in [0.25, 0.3) is 0 Å². The molecule has 0 aliphatic heterocycles. The Balaban J connectivity index is -0.0000000655. The fourth-order valence-electron chi connectivity index (χ4n) is 0. The van der Waals surface area contributed by atoms with E-state index in [1.807, 2.05) is 0 Å². The van der Waals surface area contributed by atoms with Crippen molar-refractivity contribution in [3.8, 4) is 0 Å². The van der Waals surface area contributed by atoms with Crippen molar-refractivity contribution >= 4 is 17.9 Å². The largest absolute Gasteiger partial charge is 3.00 e. The van der Waals surface area contributed by atoms with E-state index in [2.05, 4.69) is 0 Å². The summed E-state index contributed by atoms with van der Waals surface area (Å²) in [5.41, 5.74) is 0. The van der Waals surface area contributed by atoms with Gasteiger partial charge in [0.1, 0.15) is 0 Å². The van der Waals surface area contributed by atoms with Crippen LogP contribution in [0.5, 0.6) is 0 Å². The van der Waals surface area contributed by atoms with Gasteiger partial charge in [0.15, 0.2) is 0 Å². The van der Waals surface area contributed by atoms with Crippen molar-refractivity contribution < 1.29 is 67.0 Å². The Hall–Kier alpha value is -0.343. The molecule has 0 spiro atoms. The standard InChI is InChI=1S/3C3H6O2.Er/c3*1-2-3(4)5;/h3*2H2,1H3,(H,4,5);/q;;;+3/p-3. The molecule has 0 N–H and O–H groups in total. The number of carboxylic acids is 3. The Morgan fingerprint density at radius 2 is 0.750 bits per heavy atom. The Labute approximate surface area is 124 Å². The zero-order chi connectivity index (χ0) is 12.9. The fourth-order valence-corrected chi connectivity index (χ4v) is 0. The van der Waals surface area contributed by atoms with Crippen LogP contribution in [0.3, 0.4) is 0 Å². The number of aliphatic carboxylic acids is 3. The predicted octanol–water partition coefficient (Wildman–Crippen LogP) is -2.56. The summed E-state index contributed by atoms with van der Waals surface area (Å²) in [6.07, 6.45) is 0.333. The van der Waals surface area contributed by atoms with Crippen molar-refractivity contribution in [3.05, 3.63) is 0 Å². The number of hydrogen-bond acceptors (Lipinski definition) is 6. The summed E-state index contributed by atoms with van der Waals surface area (Å²) in [5, 5.41) is 27.8. The molecule has 0 aliphatic carbocycles.